The summed E-state index contributed by atoms with van der Waals surface area (Å²) >= 11 is 0. The highest BCUT2D eigenvalue weighted by Crippen LogP contribution is 2.20. The molecule has 2 heterocycles. The van der Waals surface area contributed by atoms with Gasteiger partial charge in [-0.1, -0.05) is 24.3 Å². The van der Waals surface area contributed by atoms with Gasteiger partial charge in [-0.25, -0.2) is 0 Å². The van der Waals surface area contributed by atoms with Gasteiger partial charge in [-0.2, -0.15) is 0 Å². The van der Waals surface area contributed by atoms with Gasteiger partial charge in [-0.15, -0.1) is 0 Å². The monoisotopic (exact) mass is 301 g/mol. The topological polar surface area (TPSA) is 44.4 Å². The molecule has 120 valence electrons. The first-order valence-electron chi connectivity index (χ1n) is 8.50. The fourth-order valence-electron chi connectivity index (χ4n) is 3.56. The van der Waals surface area contributed by atoms with E-state index in [1.165, 1.54) is 11.1 Å². The van der Waals surface area contributed by atoms with E-state index in [4.69, 9.17) is 0 Å². The van der Waals surface area contributed by atoms with E-state index in [-0.39, 0.29) is 18.0 Å². The van der Waals surface area contributed by atoms with E-state index in [0.717, 1.165) is 38.9 Å². The number of rotatable bonds is 3. The Morgan fingerprint density at radius 2 is 2.14 bits per heavy atom. The molecule has 0 radical (unpaired) electrons. The SMILES string of the molecule is CC1NCCCC1NC(=O)C(C)N1CCc2ccccc2C1. The maximum absolute atomic E-state index is 12.6. The molecule has 22 heavy (non-hydrogen) atoms. The molecule has 0 aromatic heterocycles. The van der Waals surface area contributed by atoms with Gasteiger partial charge in [-0.05, 0) is 50.8 Å². The molecule has 3 unspecified atom stereocenters. The van der Waals surface area contributed by atoms with E-state index < -0.39 is 0 Å². The number of nitrogens with one attached hydrogen (secondary N) is 2. The number of amides is 1. The van der Waals surface area contributed by atoms with Crippen LogP contribution in [0.3, 0.4) is 0 Å². The maximum atomic E-state index is 12.6. The summed E-state index contributed by atoms with van der Waals surface area (Å²) in [6.45, 7) is 7.09. The Hall–Kier alpha value is -1.39. The molecule has 1 saturated heterocycles. The summed E-state index contributed by atoms with van der Waals surface area (Å²) in [7, 11) is 0. The molecule has 2 N–H and O–H groups in total. The zero-order valence-electron chi connectivity index (χ0n) is 13.6. The van der Waals surface area contributed by atoms with E-state index in [1.807, 2.05) is 6.92 Å². The fraction of sp³-hybridized carbons (Fsp3) is 0.611. The lowest BCUT2D eigenvalue weighted by atomic mass is 9.97. The number of fused-ring (bicyclic) bond motifs is 1. The first kappa shape index (κ1) is 15.5. The Balaban J connectivity index is 1.59. The molecule has 0 aliphatic carbocycles. The molecule has 2 aliphatic heterocycles. The minimum atomic E-state index is -0.0671. The van der Waals surface area contributed by atoms with Gasteiger partial charge in [0.05, 0.1) is 6.04 Å². The number of nitrogens with zero attached hydrogens (tertiary/aromatic N) is 1. The second kappa shape index (κ2) is 6.80. The van der Waals surface area contributed by atoms with Crippen LogP contribution in [0.2, 0.25) is 0 Å². The van der Waals surface area contributed by atoms with Crippen molar-refractivity contribution in [3.63, 3.8) is 0 Å². The van der Waals surface area contributed by atoms with Crippen LogP contribution in [0, 0.1) is 0 Å². The Bertz CT molecular complexity index is 531. The molecule has 0 spiro atoms. The Kier molecular flexibility index (Phi) is 4.79. The third-order valence-corrected chi connectivity index (χ3v) is 5.18. The number of hydrogen-bond acceptors (Lipinski definition) is 3. The van der Waals surface area contributed by atoms with Crippen LogP contribution in [0.25, 0.3) is 0 Å². The number of carbonyl (C=O) groups excluding carboxylic acids is 1. The number of piperidine rings is 1. The lowest BCUT2D eigenvalue weighted by Crippen LogP contribution is -2.56. The van der Waals surface area contributed by atoms with E-state index in [1.54, 1.807) is 0 Å². The summed E-state index contributed by atoms with van der Waals surface area (Å²) < 4.78 is 0. The van der Waals surface area contributed by atoms with E-state index >= 15 is 0 Å². The van der Waals surface area contributed by atoms with Crippen molar-refractivity contribution in [2.45, 2.75) is 57.8 Å². The molecule has 3 rings (SSSR count). The van der Waals surface area contributed by atoms with Gasteiger partial charge in [0.25, 0.3) is 0 Å². The second-order valence-corrected chi connectivity index (χ2v) is 6.67. The van der Waals surface area contributed by atoms with Gasteiger partial charge in [0.1, 0.15) is 0 Å². The minimum absolute atomic E-state index is 0.0671. The first-order chi connectivity index (χ1) is 10.6. The van der Waals surface area contributed by atoms with Gasteiger partial charge in [0.15, 0.2) is 0 Å². The van der Waals surface area contributed by atoms with Crippen molar-refractivity contribution in [3.05, 3.63) is 35.4 Å². The van der Waals surface area contributed by atoms with Crippen molar-refractivity contribution in [2.75, 3.05) is 13.1 Å². The first-order valence-corrected chi connectivity index (χ1v) is 8.50. The fourth-order valence-corrected chi connectivity index (χ4v) is 3.56. The molecule has 2 aliphatic rings. The van der Waals surface area contributed by atoms with E-state index in [9.17, 15) is 4.79 Å². The standard InChI is InChI=1S/C18H27N3O/c1-13-17(8-5-10-19-13)20-18(22)14(2)21-11-9-15-6-3-4-7-16(15)12-21/h3-4,6-7,13-14,17,19H,5,8-12H2,1-2H3,(H,20,22). The van der Waals surface area contributed by atoms with Crippen LogP contribution in [0.15, 0.2) is 24.3 Å². The zero-order valence-corrected chi connectivity index (χ0v) is 13.6. The molecule has 1 fully saturated rings. The van der Waals surface area contributed by atoms with Crippen molar-refractivity contribution in [2.24, 2.45) is 0 Å². The van der Waals surface area contributed by atoms with E-state index in [0.29, 0.717) is 6.04 Å². The molecule has 0 bridgehead atoms. The molecule has 0 saturated carbocycles. The lowest BCUT2D eigenvalue weighted by molar-refractivity contribution is -0.127. The molecular weight excluding hydrogens is 274 g/mol. The van der Waals surface area contributed by atoms with Crippen molar-refractivity contribution < 1.29 is 4.79 Å². The van der Waals surface area contributed by atoms with Gasteiger partial charge in [0.2, 0.25) is 5.91 Å². The molecule has 4 nitrogen and oxygen atoms in total. The van der Waals surface area contributed by atoms with Gasteiger partial charge in [0, 0.05) is 25.2 Å². The summed E-state index contributed by atoms with van der Waals surface area (Å²) in [4.78, 5) is 14.9. The van der Waals surface area contributed by atoms with Crippen molar-refractivity contribution in [3.8, 4) is 0 Å². The molecule has 1 aromatic carbocycles. The third kappa shape index (κ3) is 3.33. The smallest absolute Gasteiger partial charge is 0.237 e. The Morgan fingerprint density at radius 3 is 2.91 bits per heavy atom. The number of benzene rings is 1. The number of hydrogen-bond donors (Lipinski definition) is 2. The maximum Gasteiger partial charge on any atom is 0.237 e. The van der Waals surface area contributed by atoms with Crippen molar-refractivity contribution >= 4 is 5.91 Å². The summed E-state index contributed by atoms with van der Waals surface area (Å²) in [6.07, 6.45) is 3.26. The molecule has 3 atom stereocenters. The summed E-state index contributed by atoms with van der Waals surface area (Å²) in [6, 6.07) is 9.13. The quantitative estimate of drug-likeness (QED) is 0.893. The Morgan fingerprint density at radius 1 is 1.36 bits per heavy atom. The van der Waals surface area contributed by atoms with Crippen LogP contribution >= 0.6 is 0 Å². The van der Waals surface area contributed by atoms with Crippen LogP contribution in [0.4, 0.5) is 0 Å². The van der Waals surface area contributed by atoms with Crippen molar-refractivity contribution in [1.29, 1.82) is 0 Å². The largest absolute Gasteiger partial charge is 0.350 e. The molecule has 1 aromatic rings. The van der Waals surface area contributed by atoms with Gasteiger partial charge in [-0.3, -0.25) is 9.69 Å². The summed E-state index contributed by atoms with van der Waals surface area (Å²) in [5.74, 6) is 0.167. The predicted molar refractivity (Wildman–Crippen MR) is 88.6 cm³/mol. The van der Waals surface area contributed by atoms with Crippen LogP contribution in [-0.4, -0.2) is 42.0 Å². The molecular formula is C18H27N3O. The highest BCUT2D eigenvalue weighted by Gasteiger charge is 2.28. The zero-order chi connectivity index (χ0) is 15.5. The van der Waals surface area contributed by atoms with Gasteiger partial charge >= 0.3 is 0 Å². The van der Waals surface area contributed by atoms with Crippen LogP contribution in [0.1, 0.15) is 37.8 Å². The molecule has 4 heteroatoms. The average Bonchev–Trinajstić information content (AvgIpc) is 2.55. The average molecular weight is 301 g/mol. The summed E-state index contributed by atoms with van der Waals surface area (Å²) in [5, 5.41) is 6.69. The highest BCUT2D eigenvalue weighted by molar-refractivity contribution is 5.81. The Labute approximate surface area is 133 Å². The van der Waals surface area contributed by atoms with Crippen molar-refractivity contribution in [1.82, 2.24) is 15.5 Å². The summed E-state index contributed by atoms with van der Waals surface area (Å²) in [5.41, 5.74) is 2.79. The highest BCUT2D eigenvalue weighted by atomic mass is 16.2. The predicted octanol–water partition coefficient (Wildman–Crippen LogP) is 1.69. The van der Waals surface area contributed by atoms with Crippen LogP contribution in [0.5, 0.6) is 0 Å². The molecule has 1 amide bonds. The van der Waals surface area contributed by atoms with Crippen LogP contribution < -0.4 is 10.6 Å². The second-order valence-electron chi connectivity index (χ2n) is 6.67. The number of carbonyl (C=O) groups is 1. The lowest BCUT2D eigenvalue weighted by Gasteiger charge is -2.36. The normalized spacial score (nSPS) is 27.0. The third-order valence-electron chi connectivity index (χ3n) is 5.18. The van der Waals surface area contributed by atoms with Gasteiger partial charge < -0.3 is 10.6 Å². The van der Waals surface area contributed by atoms with E-state index in [2.05, 4.69) is 46.7 Å². The van der Waals surface area contributed by atoms with Crippen LogP contribution in [-0.2, 0) is 17.8 Å². The minimum Gasteiger partial charge on any atom is -0.350 e.